The summed E-state index contributed by atoms with van der Waals surface area (Å²) in [6.45, 7) is 4.04. The van der Waals surface area contributed by atoms with Crippen LogP contribution in [0.1, 0.15) is 27.1 Å². The number of aromatic carboxylic acids is 1. The molecule has 1 rings (SSSR count). The molecule has 0 aliphatic rings. The number of hydrogen-bond donors (Lipinski definition) is 2. The summed E-state index contributed by atoms with van der Waals surface area (Å²) in [5.74, 6) is -1.31. The molecular weight excluding hydrogens is 206 g/mol. The maximum Gasteiger partial charge on any atom is 0.335 e. The molecule has 4 nitrogen and oxygen atoms in total. The zero-order chi connectivity index (χ0) is 12.0. The first-order chi connectivity index (χ1) is 7.65. The van der Waals surface area contributed by atoms with Gasteiger partial charge in [-0.3, -0.25) is 4.79 Å². The van der Waals surface area contributed by atoms with E-state index in [1.54, 1.807) is 18.2 Å². The highest BCUT2D eigenvalue weighted by Crippen LogP contribution is 2.05. The Balaban J connectivity index is 2.71. The van der Waals surface area contributed by atoms with Gasteiger partial charge in [0.1, 0.15) is 0 Å². The molecule has 84 valence electrons. The SMILES string of the molecule is C=CCCNC(=O)c1cccc(C(=O)O)c1. The first-order valence-electron chi connectivity index (χ1n) is 4.87. The van der Waals surface area contributed by atoms with Gasteiger partial charge in [-0.25, -0.2) is 4.79 Å². The van der Waals surface area contributed by atoms with Crippen LogP contribution in [0.15, 0.2) is 36.9 Å². The lowest BCUT2D eigenvalue weighted by molar-refractivity contribution is 0.0697. The predicted molar refractivity (Wildman–Crippen MR) is 60.5 cm³/mol. The van der Waals surface area contributed by atoms with Crippen LogP contribution in [0.2, 0.25) is 0 Å². The second-order valence-electron chi connectivity index (χ2n) is 3.22. The lowest BCUT2D eigenvalue weighted by Gasteiger charge is -2.04. The number of nitrogens with one attached hydrogen (secondary N) is 1. The summed E-state index contributed by atoms with van der Waals surface area (Å²) in [6, 6.07) is 5.93. The Morgan fingerprint density at radius 1 is 1.38 bits per heavy atom. The Labute approximate surface area is 93.6 Å². The first kappa shape index (κ1) is 12.0. The Morgan fingerprint density at radius 3 is 2.69 bits per heavy atom. The summed E-state index contributed by atoms with van der Waals surface area (Å²) in [5, 5.41) is 11.4. The predicted octanol–water partition coefficient (Wildman–Crippen LogP) is 1.69. The van der Waals surface area contributed by atoms with Gasteiger partial charge < -0.3 is 10.4 Å². The Hall–Kier alpha value is -2.10. The standard InChI is InChI=1S/C12H13NO3/c1-2-3-7-13-11(14)9-5-4-6-10(8-9)12(15)16/h2,4-6,8H,1,3,7H2,(H,13,14)(H,15,16). The molecule has 4 heteroatoms. The molecule has 0 radical (unpaired) electrons. The minimum Gasteiger partial charge on any atom is -0.478 e. The smallest absolute Gasteiger partial charge is 0.335 e. The summed E-state index contributed by atoms with van der Waals surface area (Å²) in [6.07, 6.45) is 2.39. The van der Waals surface area contributed by atoms with E-state index >= 15 is 0 Å². The average Bonchev–Trinajstić information content (AvgIpc) is 2.29. The molecule has 0 heterocycles. The van der Waals surface area contributed by atoms with Crippen molar-refractivity contribution in [1.82, 2.24) is 5.32 Å². The van der Waals surface area contributed by atoms with E-state index in [9.17, 15) is 9.59 Å². The van der Waals surface area contributed by atoms with Crippen molar-refractivity contribution in [3.63, 3.8) is 0 Å². The molecule has 2 N–H and O–H groups in total. The van der Waals surface area contributed by atoms with Gasteiger partial charge in [0.2, 0.25) is 0 Å². The van der Waals surface area contributed by atoms with Gasteiger partial charge >= 0.3 is 5.97 Å². The number of benzene rings is 1. The fourth-order valence-corrected chi connectivity index (χ4v) is 1.18. The molecule has 0 saturated carbocycles. The van der Waals surface area contributed by atoms with Gasteiger partial charge in [-0.2, -0.15) is 0 Å². The molecule has 0 spiro atoms. The van der Waals surface area contributed by atoms with Crippen molar-refractivity contribution in [3.8, 4) is 0 Å². The average molecular weight is 219 g/mol. The van der Waals surface area contributed by atoms with Crippen LogP contribution in [0.5, 0.6) is 0 Å². The normalized spacial score (nSPS) is 9.50. The quantitative estimate of drug-likeness (QED) is 0.585. The maximum atomic E-state index is 11.6. The van der Waals surface area contributed by atoms with E-state index in [0.717, 1.165) is 0 Å². The van der Waals surface area contributed by atoms with Crippen LogP contribution in [0, 0.1) is 0 Å². The zero-order valence-corrected chi connectivity index (χ0v) is 8.77. The van der Waals surface area contributed by atoms with Gasteiger partial charge in [-0.05, 0) is 24.6 Å². The lowest BCUT2D eigenvalue weighted by Crippen LogP contribution is -2.24. The van der Waals surface area contributed by atoms with Crippen molar-refractivity contribution >= 4 is 11.9 Å². The van der Waals surface area contributed by atoms with Crippen molar-refractivity contribution in [3.05, 3.63) is 48.0 Å². The summed E-state index contributed by atoms with van der Waals surface area (Å²) < 4.78 is 0. The molecule has 1 aromatic carbocycles. The van der Waals surface area contributed by atoms with Crippen molar-refractivity contribution in [1.29, 1.82) is 0 Å². The van der Waals surface area contributed by atoms with E-state index in [2.05, 4.69) is 11.9 Å². The first-order valence-corrected chi connectivity index (χ1v) is 4.87. The highest BCUT2D eigenvalue weighted by atomic mass is 16.4. The van der Waals surface area contributed by atoms with E-state index in [-0.39, 0.29) is 11.5 Å². The van der Waals surface area contributed by atoms with Crippen molar-refractivity contribution in [2.75, 3.05) is 6.54 Å². The lowest BCUT2D eigenvalue weighted by atomic mass is 10.1. The summed E-state index contributed by atoms with van der Waals surface area (Å²) >= 11 is 0. The van der Waals surface area contributed by atoms with E-state index in [4.69, 9.17) is 5.11 Å². The Morgan fingerprint density at radius 2 is 2.06 bits per heavy atom. The Kier molecular flexibility index (Phi) is 4.27. The molecule has 0 aliphatic heterocycles. The third-order valence-electron chi connectivity index (χ3n) is 2.01. The topological polar surface area (TPSA) is 66.4 Å². The van der Waals surface area contributed by atoms with Gasteiger partial charge in [0.15, 0.2) is 0 Å². The fraction of sp³-hybridized carbons (Fsp3) is 0.167. The molecular formula is C12H13NO3. The van der Waals surface area contributed by atoms with Crippen LogP contribution in [-0.2, 0) is 0 Å². The molecule has 0 unspecified atom stereocenters. The second kappa shape index (κ2) is 5.70. The minimum atomic E-state index is -1.04. The fourth-order valence-electron chi connectivity index (χ4n) is 1.18. The monoisotopic (exact) mass is 219 g/mol. The molecule has 1 amide bonds. The third-order valence-corrected chi connectivity index (χ3v) is 2.01. The molecule has 0 bridgehead atoms. The third kappa shape index (κ3) is 3.24. The van der Waals surface area contributed by atoms with Gasteiger partial charge in [-0.1, -0.05) is 12.1 Å². The largest absolute Gasteiger partial charge is 0.478 e. The number of rotatable bonds is 5. The van der Waals surface area contributed by atoms with Gasteiger partial charge in [0.25, 0.3) is 5.91 Å². The van der Waals surface area contributed by atoms with Crippen molar-refractivity contribution in [2.45, 2.75) is 6.42 Å². The van der Waals surface area contributed by atoms with E-state index < -0.39 is 5.97 Å². The highest BCUT2D eigenvalue weighted by Gasteiger charge is 2.08. The van der Waals surface area contributed by atoms with Crippen LogP contribution in [0.4, 0.5) is 0 Å². The molecule has 1 aromatic rings. The summed E-state index contributed by atoms with van der Waals surface area (Å²) in [4.78, 5) is 22.2. The van der Waals surface area contributed by atoms with Crippen LogP contribution >= 0.6 is 0 Å². The maximum absolute atomic E-state index is 11.6. The zero-order valence-electron chi connectivity index (χ0n) is 8.77. The van der Waals surface area contributed by atoms with Crippen LogP contribution in [0.3, 0.4) is 0 Å². The Bertz CT molecular complexity index is 412. The summed E-state index contributed by atoms with van der Waals surface area (Å²) in [5.41, 5.74) is 0.459. The minimum absolute atomic E-state index is 0.108. The van der Waals surface area contributed by atoms with Crippen molar-refractivity contribution in [2.24, 2.45) is 0 Å². The number of carbonyl (C=O) groups excluding carboxylic acids is 1. The summed E-state index contributed by atoms with van der Waals surface area (Å²) in [7, 11) is 0. The van der Waals surface area contributed by atoms with E-state index in [1.807, 2.05) is 0 Å². The molecule has 0 aromatic heterocycles. The molecule has 0 atom stereocenters. The van der Waals surface area contributed by atoms with Crippen molar-refractivity contribution < 1.29 is 14.7 Å². The molecule has 0 aliphatic carbocycles. The van der Waals surface area contributed by atoms with Crippen LogP contribution in [0.25, 0.3) is 0 Å². The van der Waals surface area contributed by atoms with E-state index in [1.165, 1.54) is 12.1 Å². The van der Waals surface area contributed by atoms with Gasteiger partial charge in [0.05, 0.1) is 5.56 Å². The van der Waals surface area contributed by atoms with Crippen LogP contribution < -0.4 is 5.32 Å². The molecule has 0 saturated heterocycles. The van der Waals surface area contributed by atoms with E-state index in [0.29, 0.717) is 18.5 Å². The highest BCUT2D eigenvalue weighted by molar-refractivity contribution is 5.97. The molecule has 16 heavy (non-hydrogen) atoms. The number of amides is 1. The number of hydrogen-bond acceptors (Lipinski definition) is 2. The second-order valence-corrected chi connectivity index (χ2v) is 3.22. The molecule has 0 fully saturated rings. The van der Waals surface area contributed by atoms with Gasteiger partial charge in [-0.15, -0.1) is 6.58 Å². The van der Waals surface area contributed by atoms with Crippen LogP contribution in [-0.4, -0.2) is 23.5 Å². The number of carbonyl (C=O) groups is 2. The van der Waals surface area contributed by atoms with Gasteiger partial charge in [0, 0.05) is 12.1 Å². The number of carboxylic acid groups (broad SMARTS) is 1. The number of carboxylic acids is 1.